The van der Waals surface area contributed by atoms with Crippen LogP contribution < -0.4 is 5.32 Å². The number of amides is 1. The van der Waals surface area contributed by atoms with Gasteiger partial charge in [0.2, 0.25) is 5.79 Å². The molecule has 3 heterocycles. The van der Waals surface area contributed by atoms with E-state index in [9.17, 15) is 4.79 Å². The standard InChI is InChI=1S/C30H47ClN2O7/c1-4-5-6-7-8-9-10-11-18-36-22-30-27(39-29(2,3)40-30)26(25(38-30)21-33-16-19-35-20-17-33)37-28(34)32-24-14-12-23(31)13-15-24/h12-15,25-27H,4-11,16-22H2,1-3H3,(H,32,34)/t25-,26+,27-,30-/m0/s1. The van der Waals surface area contributed by atoms with Gasteiger partial charge in [0.05, 0.1) is 13.2 Å². The number of ether oxygens (including phenoxy) is 6. The Labute approximate surface area is 244 Å². The SMILES string of the molecule is CCCCCCCCCCOC[C@@]12O[C@@H](CN3CCOCC3)[C@@H](OC(=O)Nc3ccc(Cl)cc3)[C@@H]1OC(C)(C)O2. The average Bonchev–Trinajstić information content (AvgIpc) is 3.33. The maximum absolute atomic E-state index is 13.0. The van der Waals surface area contributed by atoms with Crippen LogP contribution in [-0.2, 0) is 28.4 Å². The van der Waals surface area contributed by atoms with Crippen LogP contribution in [0.1, 0.15) is 72.1 Å². The summed E-state index contributed by atoms with van der Waals surface area (Å²) in [4.78, 5) is 15.3. The molecule has 9 nitrogen and oxygen atoms in total. The van der Waals surface area contributed by atoms with Gasteiger partial charge in [-0.05, 0) is 44.5 Å². The first-order valence-corrected chi connectivity index (χ1v) is 15.3. The third-order valence-electron chi connectivity index (χ3n) is 7.60. The number of anilines is 1. The summed E-state index contributed by atoms with van der Waals surface area (Å²) in [5.41, 5.74) is 0.585. The van der Waals surface area contributed by atoms with Gasteiger partial charge in [-0.3, -0.25) is 10.2 Å². The van der Waals surface area contributed by atoms with Crippen LogP contribution in [0.2, 0.25) is 5.02 Å². The second-order valence-corrected chi connectivity index (χ2v) is 11.9. The van der Waals surface area contributed by atoms with E-state index in [-0.39, 0.29) is 6.61 Å². The molecule has 3 fully saturated rings. The fourth-order valence-corrected chi connectivity index (χ4v) is 5.77. The summed E-state index contributed by atoms with van der Waals surface area (Å²) in [5.74, 6) is -2.07. The van der Waals surface area contributed by atoms with Gasteiger partial charge in [0.15, 0.2) is 18.0 Å². The third kappa shape index (κ3) is 9.02. The lowest BCUT2D eigenvalue weighted by Gasteiger charge is -2.33. The van der Waals surface area contributed by atoms with E-state index < -0.39 is 36.0 Å². The monoisotopic (exact) mass is 582 g/mol. The van der Waals surface area contributed by atoms with Gasteiger partial charge >= 0.3 is 6.09 Å². The van der Waals surface area contributed by atoms with Crippen molar-refractivity contribution < 1.29 is 33.2 Å². The second-order valence-electron chi connectivity index (χ2n) is 11.5. The highest BCUT2D eigenvalue weighted by atomic mass is 35.5. The average molecular weight is 583 g/mol. The van der Waals surface area contributed by atoms with Crippen molar-refractivity contribution in [3.8, 4) is 0 Å². The van der Waals surface area contributed by atoms with Gasteiger partial charge < -0.3 is 28.4 Å². The van der Waals surface area contributed by atoms with Gasteiger partial charge in [-0.15, -0.1) is 0 Å². The van der Waals surface area contributed by atoms with Crippen LogP contribution >= 0.6 is 11.6 Å². The first-order chi connectivity index (χ1) is 19.3. The van der Waals surface area contributed by atoms with Gasteiger partial charge in [0, 0.05) is 37.0 Å². The molecule has 0 spiro atoms. The van der Waals surface area contributed by atoms with Crippen molar-refractivity contribution >= 4 is 23.4 Å². The van der Waals surface area contributed by atoms with E-state index in [1.54, 1.807) is 24.3 Å². The summed E-state index contributed by atoms with van der Waals surface area (Å²) in [6.45, 7) is 10.2. The predicted molar refractivity (Wildman–Crippen MR) is 154 cm³/mol. The molecule has 0 saturated carbocycles. The number of halogens is 1. The fraction of sp³-hybridized carbons (Fsp3) is 0.767. The van der Waals surface area contributed by atoms with Gasteiger partial charge in [0.25, 0.3) is 0 Å². The molecule has 40 heavy (non-hydrogen) atoms. The Balaban J connectivity index is 1.37. The van der Waals surface area contributed by atoms with Gasteiger partial charge in [-0.2, -0.15) is 0 Å². The smallest absolute Gasteiger partial charge is 0.412 e. The molecule has 4 atom stereocenters. The van der Waals surface area contributed by atoms with Crippen molar-refractivity contribution in [3.63, 3.8) is 0 Å². The van der Waals surface area contributed by atoms with Crippen molar-refractivity contribution in [1.82, 2.24) is 4.90 Å². The lowest BCUT2D eigenvalue weighted by atomic mass is 10.0. The Morgan fingerprint density at radius 3 is 2.40 bits per heavy atom. The maximum atomic E-state index is 13.0. The lowest BCUT2D eigenvalue weighted by molar-refractivity contribution is -0.279. The molecule has 1 N–H and O–H groups in total. The van der Waals surface area contributed by atoms with Crippen molar-refractivity contribution in [2.75, 3.05) is 51.4 Å². The molecule has 226 valence electrons. The van der Waals surface area contributed by atoms with Crippen LogP contribution in [0.4, 0.5) is 10.5 Å². The third-order valence-corrected chi connectivity index (χ3v) is 7.85. The van der Waals surface area contributed by atoms with Crippen molar-refractivity contribution in [1.29, 1.82) is 0 Å². The summed E-state index contributed by atoms with van der Waals surface area (Å²) < 4.78 is 36.9. The Bertz CT molecular complexity index is 912. The van der Waals surface area contributed by atoms with Crippen molar-refractivity contribution in [3.05, 3.63) is 29.3 Å². The van der Waals surface area contributed by atoms with Crippen LogP contribution in [0.15, 0.2) is 24.3 Å². The number of benzene rings is 1. The van der Waals surface area contributed by atoms with Crippen molar-refractivity contribution in [2.45, 2.75) is 102 Å². The first-order valence-electron chi connectivity index (χ1n) is 15.0. The molecule has 4 rings (SSSR count). The van der Waals surface area contributed by atoms with E-state index in [0.717, 1.165) is 25.9 Å². The molecule has 1 amide bonds. The number of morpholine rings is 1. The van der Waals surface area contributed by atoms with Crippen LogP contribution in [0, 0.1) is 0 Å². The molecule has 3 saturated heterocycles. The number of unbranched alkanes of at least 4 members (excludes halogenated alkanes) is 7. The molecule has 1 aromatic carbocycles. The molecule has 0 aromatic heterocycles. The zero-order valence-corrected chi connectivity index (χ0v) is 25.1. The molecule has 3 aliphatic heterocycles. The summed E-state index contributed by atoms with van der Waals surface area (Å²) in [6, 6.07) is 6.87. The molecule has 0 unspecified atom stereocenters. The van der Waals surface area contributed by atoms with Crippen LogP contribution in [0.5, 0.6) is 0 Å². The first kappa shape index (κ1) is 31.5. The topological polar surface area (TPSA) is 87.7 Å². The number of carbonyl (C=O) groups is 1. The fourth-order valence-electron chi connectivity index (χ4n) is 5.64. The Kier molecular flexibility index (Phi) is 11.9. The maximum Gasteiger partial charge on any atom is 0.412 e. The summed E-state index contributed by atoms with van der Waals surface area (Å²) in [5, 5.41) is 3.37. The summed E-state index contributed by atoms with van der Waals surface area (Å²) in [6.07, 6.45) is 7.49. The molecule has 0 aliphatic carbocycles. The molecule has 3 aliphatic rings. The van der Waals surface area contributed by atoms with Gasteiger partial charge in [-0.1, -0.05) is 63.5 Å². The van der Waals surface area contributed by atoms with Crippen LogP contribution in [0.25, 0.3) is 0 Å². The van der Waals surface area contributed by atoms with Gasteiger partial charge in [0.1, 0.15) is 12.7 Å². The highest BCUT2D eigenvalue weighted by Gasteiger charge is 2.66. The number of rotatable bonds is 15. The normalized spacial score (nSPS) is 27.9. The van der Waals surface area contributed by atoms with E-state index in [2.05, 4.69) is 17.1 Å². The highest BCUT2D eigenvalue weighted by Crippen LogP contribution is 2.47. The predicted octanol–water partition coefficient (Wildman–Crippen LogP) is 5.99. The molecular formula is C30H47ClN2O7. The Hall–Kier alpha value is -1.46. The van der Waals surface area contributed by atoms with Crippen LogP contribution in [0.3, 0.4) is 0 Å². The summed E-state index contributed by atoms with van der Waals surface area (Å²) in [7, 11) is 0. The number of hydrogen-bond acceptors (Lipinski definition) is 8. The highest BCUT2D eigenvalue weighted by molar-refractivity contribution is 6.30. The van der Waals surface area contributed by atoms with E-state index >= 15 is 0 Å². The molecule has 10 heteroatoms. The second kappa shape index (κ2) is 15.1. The lowest BCUT2D eigenvalue weighted by Crippen LogP contribution is -2.47. The molecule has 1 aromatic rings. The van der Waals surface area contributed by atoms with Crippen LogP contribution in [-0.4, -0.2) is 86.9 Å². The zero-order valence-electron chi connectivity index (χ0n) is 24.3. The van der Waals surface area contributed by atoms with E-state index in [0.29, 0.717) is 37.1 Å². The number of carbonyl (C=O) groups excluding carboxylic acids is 1. The quantitative estimate of drug-likeness (QED) is 0.252. The Morgan fingerprint density at radius 2 is 1.70 bits per heavy atom. The number of fused-ring (bicyclic) bond motifs is 1. The minimum absolute atomic E-state index is 0.204. The number of nitrogens with zero attached hydrogens (tertiary/aromatic N) is 1. The van der Waals surface area contributed by atoms with Gasteiger partial charge in [-0.25, -0.2) is 4.79 Å². The van der Waals surface area contributed by atoms with Crippen molar-refractivity contribution in [2.24, 2.45) is 0 Å². The Morgan fingerprint density at radius 1 is 1.02 bits per heavy atom. The molecular weight excluding hydrogens is 536 g/mol. The zero-order chi connectivity index (χ0) is 28.4. The van der Waals surface area contributed by atoms with E-state index in [1.165, 1.54) is 38.5 Å². The molecule has 0 bridgehead atoms. The number of hydrogen-bond donors (Lipinski definition) is 1. The van der Waals surface area contributed by atoms with E-state index in [1.807, 2.05) is 13.8 Å². The van der Waals surface area contributed by atoms with E-state index in [4.69, 9.17) is 40.0 Å². The minimum atomic E-state index is -1.16. The summed E-state index contributed by atoms with van der Waals surface area (Å²) >= 11 is 5.98. The number of nitrogens with one attached hydrogen (secondary N) is 1. The largest absolute Gasteiger partial charge is 0.440 e. The molecule has 0 radical (unpaired) electrons. The minimum Gasteiger partial charge on any atom is -0.440 e.